The van der Waals surface area contributed by atoms with Gasteiger partial charge in [-0.25, -0.2) is 4.79 Å². The fraction of sp³-hybridized carbons (Fsp3) is 0.300. The average molecular weight is 224 g/mol. The van der Waals surface area contributed by atoms with Gasteiger partial charge in [0.1, 0.15) is 0 Å². The molecule has 0 aromatic heterocycles. The van der Waals surface area contributed by atoms with Gasteiger partial charge < -0.3 is 19.9 Å². The van der Waals surface area contributed by atoms with Gasteiger partial charge in [0.25, 0.3) is 0 Å². The zero-order chi connectivity index (χ0) is 12.0. The van der Waals surface area contributed by atoms with Gasteiger partial charge in [0.05, 0.1) is 5.56 Å². The average Bonchev–Trinajstić information content (AvgIpc) is 2.29. The number of rotatable bonds is 6. The van der Waals surface area contributed by atoms with Gasteiger partial charge in [0.15, 0.2) is 0 Å². The van der Waals surface area contributed by atoms with Crippen LogP contribution in [0.25, 0.3) is 0 Å². The molecular weight excluding hydrogens is 211 g/mol. The van der Waals surface area contributed by atoms with E-state index < -0.39 is 13.1 Å². The summed E-state index contributed by atoms with van der Waals surface area (Å²) in [4.78, 5) is 10.8. The molecule has 0 aliphatic rings. The van der Waals surface area contributed by atoms with Gasteiger partial charge in [0.2, 0.25) is 0 Å². The Morgan fingerprint density at radius 2 is 2.06 bits per heavy atom. The summed E-state index contributed by atoms with van der Waals surface area (Å²) in [7, 11) is -1.28. The quantitative estimate of drug-likeness (QED) is 0.446. The van der Waals surface area contributed by atoms with Crippen molar-refractivity contribution in [2.24, 2.45) is 0 Å². The highest BCUT2D eigenvalue weighted by atomic mass is 16.5. The van der Waals surface area contributed by atoms with Crippen LogP contribution in [0.2, 0.25) is 0 Å². The van der Waals surface area contributed by atoms with Crippen molar-refractivity contribution < 1.29 is 24.7 Å². The Morgan fingerprint density at radius 1 is 1.38 bits per heavy atom. The lowest BCUT2D eigenvalue weighted by atomic mass is 9.76. The first-order chi connectivity index (χ1) is 7.66. The molecule has 0 saturated heterocycles. The van der Waals surface area contributed by atoms with Gasteiger partial charge in [-0.15, -0.1) is 0 Å². The van der Waals surface area contributed by atoms with Crippen LogP contribution in [0.1, 0.15) is 16.8 Å². The summed E-state index contributed by atoms with van der Waals surface area (Å²) in [5.74, 6) is -1.11. The fourth-order valence-corrected chi connectivity index (χ4v) is 1.26. The smallest absolute Gasteiger partial charge is 0.478 e. The third-order valence-corrected chi connectivity index (χ3v) is 2.04. The lowest BCUT2D eigenvalue weighted by Crippen LogP contribution is -2.37. The summed E-state index contributed by atoms with van der Waals surface area (Å²) in [6.45, 7) is 0.138. The Hall–Kier alpha value is -1.37. The molecule has 16 heavy (non-hydrogen) atoms. The van der Waals surface area contributed by atoms with E-state index in [-0.39, 0.29) is 24.2 Å². The van der Waals surface area contributed by atoms with Gasteiger partial charge in [0, 0.05) is 13.2 Å². The summed E-state index contributed by atoms with van der Waals surface area (Å²) >= 11 is 0. The third-order valence-electron chi connectivity index (χ3n) is 2.04. The third kappa shape index (κ3) is 3.34. The van der Waals surface area contributed by atoms with E-state index >= 15 is 0 Å². The topological polar surface area (TPSA) is 87.0 Å². The summed E-state index contributed by atoms with van der Waals surface area (Å²) in [5.41, 5.74) is 0.229. The number of carboxylic acids is 1. The van der Waals surface area contributed by atoms with Crippen LogP contribution in [0.15, 0.2) is 24.3 Å². The molecule has 0 bridgehead atoms. The van der Waals surface area contributed by atoms with Gasteiger partial charge in [-0.1, -0.05) is 18.2 Å². The predicted molar refractivity (Wildman–Crippen MR) is 58.7 cm³/mol. The number of aliphatic hydroxyl groups is 1. The molecule has 0 heterocycles. The van der Waals surface area contributed by atoms with Crippen molar-refractivity contribution in [2.45, 2.75) is 6.42 Å². The normalized spacial score (nSPS) is 10.1. The molecule has 1 aromatic carbocycles. The molecule has 0 saturated carbocycles. The van der Waals surface area contributed by atoms with Crippen LogP contribution >= 0.6 is 0 Å². The van der Waals surface area contributed by atoms with Crippen LogP contribution in [0.5, 0.6) is 0 Å². The van der Waals surface area contributed by atoms with E-state index in [0.717, 1.165) is 0 Å². The number of hydrogen-bond acceptors (Lipinski definition) is 4. The minimum atomic E-state index is -1.28. The van der Waals surface area contributed by atoms with Crippen molar-refractivity contribution in [3.63, 3.8) is 0 Å². The molecule has 0 spiro atoms. The van der Waals surface area contributed by atoms with E-state index in [9.17, 15) is 9.82 Å². The van der Waals surface area contributed by atoms with Crippen molar-refractivity contribution in [1.29, 1.82) is 0 Å². The molecule has 1 rings (SSSR count). The standard InChI is InChI=1S/C10H13BO5/c12-6-3-7-16-11(15)9-5-2-1-4-8(9)10(13)14/h1-2,4-5,12,15H,3,6-7H2,(H,13,14). The van der Waals surface area contributed by atoms with Gasteiger partial charge in [-0.2, -0.15) is 0 Å². The van der Waals surface area contributed by atoms with Gasteiger partial charge in [-0.05, 0) is 17.9 Å². The lowest BCUT2D eigenvalue weighted by Gasteiger charge is -2.09. The minimum Gasteiger partial charge on any atom is -0.478 e. The van der Waals surface area contributed by atoms with Crippen molar-refractivity contribution in [3.8, 4) is 0 Å². The molecule has 0 fully saturated rings. The second kappa shape index (κ2) is 6.27. The Labute approximate surface area is 93.4 Å². The van der Waals surface area contributed by atoms with Crippen LogP contribution < -0.4 is 5.46 Å². The molecule has 0 aliphatic carbocycles. The Kier molecular flexibility index (Phi) is 4.98. The Balaban J connectivity index is 2.74. The SMILES string of the molecule is O=C(O)c1ccccc1B(O)OCCCO. The second-order valence-electron chi connectivity index (χ2n) is 3.19. The molecule has 86 valence electrons. The monoisotopic (exact) mass is 224 g/mol. The molecule has 0 aliphatic heterocycles. The molecular formula is C10H13BO5. The van der Waals surface area contributed by atoms with E-state index in [0.29, 0.717) is 6.42 Å². The first-order valence-corrected chi connectivity index (χ1v) is 4.89. The molecule has 0 radical (unpaired) electrons. The summed E-state index contributed by atoms with van der Waals surface area (Å²) in [5, 5.41) is 27.0. The van der Waals surface area contributed by atoms with Crippen LogP contribution in [0.3, 0.4) is 0 Å². The van der Waals surface area contributed by atoms with E-state index in [4.69, 9.17) is 14.9 Å². The van der Waals surface area contributed by atoms with Crippen molar-refractivity contribution >= 4 is 18.6 Å². The van der Waals surface area contributed by atoms with Crippen molar-refractivity contribution in [1.82, 2.24) is 0 Å². The minimum absolute atomic E-state index is 0.0130. The zero-order valence-electron chi connectivity index (χ0n) is 8.67. The van der Waals surface area contributed by atoms with Crippen molar-refractivity contribution in [3.05, 3.63) is 29.8 Å². The van der Waals surface area contributed by atoms with E-state index in [1.807, 2.05) is 0 Å². The molecule has 0 amide bonds. The van der Waals surface area contributed by atoms with Crippen LogP contribution in [0, 0.1) is 0 Å². The highest BCUT2D eigenvalue weighted by Crippen LogP contribution is 1.99. The van der Waals surface area contributed by atoms with Gasteiger partial charge in [-0.3, -0.25) is 0 Å². The van der Waals surface area contributed by atoms with Gasteiger partial charge >= 0.3 is 13.1 Å². The second-order valence-corrected chi connectivity index (χ2v) is 3.19. The highest BCUT2D eigenvalue weighted by molar-refractivity contribution is 6.61. The van der Waals surface area contributed by atoms with E-state index in [1.165, 1.54) is 12.1 Å². The number of benzene rings is 1. The summed E-state index contributed by atoms with van der Waals surface area (Å²) in [6.07, 6.45) is 0.395. The van der Waals surface area contributed by atoms with E-state index in [1.54, 1.807) is 12.1 Å². The van der Waals surface area contributed by atoms with Crippen LogP contribution in [-0.2, 0) is 4.65 Å². The molecule has 1 aromatic rings. The first kappa shape index (κ1) is 12.7. The maximum absolute atomic E-state index is 10.8. The lowest BCUT2D eigenvalue weighted by molar-refractivity contribution is 0.0697. The van der Waals surface area contributed by atoms with E-state index in [2.05, 4.69) is 0 Å². The number of carboxylic acid groups (broad SMARTS) is 1. The molecule has 0 unspecified atom stereocenters. The number of aliphatic hydroxyl groups excluding tert-OH is 1. The Morgan fingerprint density at radius 3 is 2.69 bits per heavy atom. The fourth-order valence-electron chi connectivity index (χ4n) is 1.26. The highest BCUT2D eigenvalue weighted by Gasteiger charge is 2.22. The van der Waals surface area contributed by atoms with Crippen molar-refractivity contribution in [2.75, 3.05) is 13.2 Å². The summed E-state index contributed by atoms with van der Waals surface area (Å²) < 4.78 is 4.99. The summed E-state index contributed by atoms with van der Waals surface area (Å²) in [6, 6.07) is 6.09. The first-order valence-electron chi connectivity index (χ1n) is 4.89. The predicted octanol–water partition coefficient (Wildman–Crippen LogP) is -0.529. The largest absolute Gasteiger partial charge is 0.492 e. The molecule has 6 heteroatoms. The maximum atomic E-state index is 10.8. The number of hydrogen-bond donors (Lipinski definition) is 3. The Bertz CT molecular complexity index is 355. The zero-order valence-corrected chi connectivity index (χ0v) is 8.67. The maximum Gasteiger partial charge on any atom is 0.492 e. The molecule has 0 atom stereocenters. The molecule has 5 nitrogen and oxygen atoms in total. The number of aromatic carboxylic acids is 1. The van der Waals surface area contributed by atoms with Crippen LogP contribution in [0.4, 0.5) is 0 Å². The number of carbonyl (C=O) groups is 1. The molecule has 3 N–H and O–H groups in total. The van der Waals surface area contributed by atoms with Crippen LogP contribution in [-0.4, -0.2) is 41.5 Å².